The Balaban J connectivity index is 2.10. The largest absolute Gasteiger partial charge is 0.328 e. The third-order valence-corrected chi connectivity index (χ3v) is 3.24. The molecule has 1 aliphatic rings. The minimum Gasteiger partial charge on any atom is -0.328 e. The molecule has 1 rings (SSSR count). The van der Waals surface area contributed by atoms with E-state index in [-0.39, 0.29) is 0 Å². The number of nitrogens with zero attached hydrogens (tertiary/aromatic N) is 1. The van der Waals surface area contributed by atoms with Crippen molar-refractivity contribution in [3.8, 4) is 0 Å². The molecular formula is C12H26N2. The zero-order valence-corrected chi connectivity index (χ0v) is 10.00. The molecule has 1 aliphatic carbocycles. The minimum absolute atomic E-state index is 0.485. The Kier molecular flexibility index (Phi) is 4.90. The van der Waals surface area contributed by atoms with Crippen molar-refractivity contribution < 1.29 is 0 Å². The molecule has 2 heteroatoms. The zero-order chi connectivity index (χ0) is 10.6. The van der Waals surface area contributed by atoms with Gasteiger partial charge >= 0.3 is 0 Å². The minimum atomic E-state index is 0.485. The van der Waals surface area contributed by atoms with Crippen LogP contribution in [0.15, 0.2) is 0 Å². The van der Waals surface area contributed by atoms with E-state index >= 15 is 0 Å². The molecule has 0 aromatic heterocycles. The molecule has 0 bridgehead atoms. The fraction of sp³-hybridized carbons (Fsp3) is 1.00. The maximum absolute atomic E-state index is 5.90. The first-order chi connectivity index (χ1) is 6.58. The summed E-state index contributed by atoms with van der Waals surface area (Å²) in [5.74, 6) is 1.69. The van der Waals surface area contributed by atoms with E-state index in [1.54, 1.807) is 0 Å². The number of rotatable bonds is 5. The Bertz CT molecular complexity index is 156. The lowest BCUT2D eigenvalue weighted by atomic mass is 10.1. The standard InChI is InChI=1S/C12H26N2/c1-10(2)6-7-14(3)9-11-4-5-12(13)8-11/h10-12H,4-9,13H2,1-3H3. The van der Waals surface area contributed by atoms with Crippen LogP contribution in [0.4, 0.5) is 0 Å². The zero-order valence-electron chi connectivity index (χ0n) is 10.00. The van der Waals surface area contributed by atoms with E-state index in [2.05, 4.69) is 25.8 Å². The van der Waals surface area contributed by atoms with Crippen molar-refractivity contribution in [2.75, 3.05) is 20.1 Å². The van der Waals surface area contributed by atoms with Crippen LogP contribution in [-0.2, 0) is 0 Å². The highest BCUT2D eigenvalue weighted by molar-refractivity contribution is 4.79. The summed E-state index contributed by atoms with van der Waals surface area (Å²) in [5, 5.41) is 0. The van der Waals surface area contributed by atoms with Crippen molar-refractivity contribution >= 4 is 0 Å². The lowest BCUT2D eigenvalue weighted by molar-refractivity contribution is 0.262. The Morgan fingerprint density at radius 3 is 2.57 bits per heavy atom. The second-order valence-corrected chi connectivity index (χ2v) is 5.38. The van der Waals surface area contributed by atoms with Crippen LogP contribution in [0.25, 0.3) is 0 Å². The molecule has 2 N–H and O–H groups in total. The van der Waals surface area contributed by atoms with E-state index < -0.39 is 0 Å². The molecule has 0 heterocycles. The van der Waals surface area contributed by atoms with E-state index in [0.29, 0.717) is 6.04 Å². The molecule has 2 atom stereocenters. The first-order valence-electron chi connectivity index (χ1n) is 6.02. The van der Waals surface area contributed by atoms with Gasteiger partial charge in [0.1, 0.15) is 0 Å². The molecule has 14 heavy (non-hydrogen) atoms. The Morgan fingerprint density at radius 2 is 2.07 bits per heavy atom. The summed E-state index contributed by atoms with van der Waals surface area (Å²) in [6.45, 7) is 7.07. The van der Waals surface area contributed by atoms with Crippen LogP contribution >= 0.6 is 0 Å². The highest BCUT2D eigenvalue weighted by Gasteiger charge is 2.22. The van der Waals surface area contributed by atoms with E-state index in [9.17, 15) is 0 Å². The number of hydrogen-bond donors (Lipinski definition) is 1. The van der Waals surface area contributed by atoms with Gasteiger partial charge in [0.25, 0.3) is 0 Å². The number of hydrogen-bond acceptors (Lipinski definition) is 2. The van der Waals surface area contributed by atoms with Crippen molar-refractivity contribution in [3.63, 3.8) is 0 Å². The van der Waals surface area contributed by atoms with Crippen molar-refractivity contribution in [2.45, 2.75) is 45.6 Å². The van der Waals surface area contributed by atoms with Gasteiger partial charge in [-0.2, -0.15) is 0 Å². The predicted octanol–water partition coefficient (Wildman–Crippen LogP) is 2.09. The highest BCUT2D eigenvalue weighted by Crippen LogP contribution is 2.24. The molecule has 0 spiro atoms. The SMILES string of the molecule is CC(C)CCN(C)CC1CCC(N)C1. The van der Waals surface area contributed by atoms with Crippen LogP contribution in [0.5, 0.6) is 0 Å². The van der Waals surface area contributed by atoms with Crippen LogP contribution in [0.2, 0.25) is 0 Å². The van der Waals surface area contributed by atoms with Gasteiger partial charge in [-0.05, 0) is 51.1 Å². The van der Waals surface area contributed by atoms with Crippen LogP contribution in [0.1, 0.15) is 39.5 Å². The van der Waals surface area contributed by atoms with Gasteiger partial charge in [-0.15, -0.1) is 0 Å². The number of nitrogens with two attached hydrogens (primary N) is 1. The van der Waals surface area contributed by atoms with Crippen molar-refractivity contribution in [1.29, 1.82) is 0 Å². The van der Waals surface area contributed by atoms with Gasteiger partial charge in [0, 0.05) is 12.6 Å². The maximum Gasteiger partial charge on any atom is 0.00420 e. The molecule has 1 saturated carbocycles. The second-order valence-electron chi connectivity index (χ2n) is 5.38. The van der Waals surface area contributed by atoms with E-state index in [1.807, 2.05) is 0 Å². The Morgan fingerprint density at radius 1 is 1.36 bits per heavy atom. The molecular weight excluding hydrogens is 172 g/mol. The third-order valence-electron chi connectivity index (χ3n) is 3.24. The van der Waals surface area contributed by atoms with Gasteiger partial charge in [-0.3, -0.25) is 0 Å². The molecule has 84 valence electrons. The first kappa shape index (κ1) is 12.0. The molecule has 0 saturated heterocycles. The van der Waals surface area contributed by atoms with Crippen molar-refractivity contribution in [1.82, 2.24) is 4.90 Å². The third kappa shape index (κ3) is 4.43. The molecule has 0 radical (unpaired) electrons. The van der Waals surface area contributed by atoms with Crippen molar-refractivity contribution in [2.24, 2.45) is 17.6 Å². The highest BCUT2D eigenvalue weighted by atomic mass is 15.1. The second kappa shape index (κ2) is 5.72. The summed E-state index contributed by atoms with van der Waals surface area (Å²) in [4.78, 5) is 2.47. The van der Waals surface area contributed by atoms with Gasteiger partial charge in [0.05, 0.1) is 0 Å². The first-order valence-corrected chi connectivity index (χ1v) is 6.02. The summed E-state index contributed by atoms with van der Waals surface area (Å²) in [5.41, 5.74) is 5.90. The summed E-state index contributed by atoms with van der Waals surface area (Å²) >= 11 is 0. The average molecular weight is 198 g/mol. The normalized spacial score (nSPS) is 27.9. The summed E-state index contributed by atoms with van der Waals surface area (Å²) < 4.78 is 0. The van der Waals surface area contributed by atoms with Gasteiger partial charge in [-0.1, -0.05) is 13.8 Å². The fourth-order valence-corrected chi connectivity index (χ4v) is 2.29. The smallest absolute Gasteiger partial charge is 0.00420 e. The van der Waals surface area contributed by atoms with Gasteiger partial charge < -0.3 is 10.6 Å². The Labute approximate surface area is 88.8 Å². The lowest BCUT2D eigenvalue weighted by Crippen LogP contribution is -2.27. The van der Waals surface area contributed by atoms with E-state index in [4.69, 9.17) is 5.73 Å². The molecule has 0 aliphatic heterocycles. The monoisotopic (exact) mass is 198 g/mol. The van der Waals surface area contributed by atoms with Crippen LogP contribution in [0, 0.1) is 11.8 Å². The molecule has 1 fully saturated rings. The molecule has 0 amide bonds. The molecule has 0 aromatic carbocycles. The average Bonchev–Trinajstić information content (AvgIpc) is 2.48. The van der Waals surface area contributed by atoms with Crippen LogP contribution in [0.3, 0.4) is 0 Å². The fourth-order valence-electron chi connectivity index (χ4n) is 2.29. The molecule has 2 unspecified atom stereocenters. The van der Waals surface area contributed by atoms with Gasteiger partial charge in [0.2, 0.25) is 0 Å². The quantitative estimate of drug-likeness (QED) is 0.733. The summed E-state index contributed by atoms with van der Waals surface area (Å²) in [6.07, 6.45) is 5.14. The topological polar surface area (TPSA) is 29.3 Å². The predicted molar refractivity (Wildman–Crippen MR) is 62.3 cm³/mol. The molecule has 0 aromatic rings. The maximum atomic E-state index is 5.90. The van der Waals surface area contributed by atoms with Gasteiger partial charge in [0.15, 0.2) is 0 Å². The van der Waals surface area contributed by atoms with E-state index in [1.165, 1.54) is 38.8 Å². The van der Waals surface area contributed by atoms with Crippen LogP contribution in [-0.4, -0.2) is 31.1 Å². The Hall–Kier alpha value is -0.0800. The van der Waals surface area contributed by atoms with E-state index in [0.717, 1.165) is 11.8 Å². The summed E-state index contributed by atoms with van der Waals surface area (Å²) in [6, 6.07) is 0.485. The lowest BCUT2D eigenvalue weighted by Gasteiger charge is -2.21. The summed E-state index contributed by atoms with van der Waals surface area (Å²) in [7, 11) is 2.24. The van der Waals surface area contributed by atoms with Gasteiger partial charge in [-0.25, -0.2) is 0 Å². The van der Waals surface area contributed by atoms with Crippen LogP contribution < -0.4 is 5.73 Å². The van der Waals surface area contributed by atoms with Crippen molar-refractivity contribution in [3.05, 3.63) is 0 Å². The molecule has 2 nitrogen and oxygen atoms in total.